The van der Waals surface area contributed by atoms with Crippen LogP contribution < -0.4 is 5.32 Å². The fourth-order valence-corrected chi connectivity index (χ4v) is 3.07. The molecule has 0 spiro atoms. The lowest BCUT2D eigenvalue weighted by atomic mass is 10.0. The quantitative estimate of drug-likeness (QED) is 0.840. The van der Waals surface area contributed by atoms with Gasteiger partial charge in [-0.25, -0.2) is 0 Å². The lowest BCUT2D eigenvalue weighted by Gasteiger charge is -2.15. The summed E-state index contributed by atoms with van der Waals surface area (Å²) in [4.78, 5) is 0. The summed E-state index contributed by atoms with van der Waals surface area (Å²) in [7, 11) is 0. The van der Waals surface area contributed by atoms with Gasteiger partial charge in [0.25, 0.3) is 0 Å². The second-order valence-electron chi connectivity index (χ2n) is 5.16. The van der Waals surface area contributed by atoms with Crippen LogP contribution in [-0.4, -0.2) is 27.9 Å². The molecule has 1 saturated carbocycles. The Morgan fingerprint density at radius 1 is 1.31 bits per heavy atom. The topological polar surface area (TPSA) is 42.7 Å². The molecule has 1 atom stereocenters. The molecule has 1 unspecified atom stereocenters. The SMILES string of the molecule is c1nnc(CC2CCCC2)n1C1CCNC1. The van der Waals surface area contributed by atoms with Crippen molar-refractivity contribution in [3.8, 4) is 0 Å². The molecule has 1 aliphatic carbocycles. The molecule has 2 heterocycles. The lowest BCUT2D eigenvalue weighted by Crippen LogP contribution is -2.16. The zero-order chi connectivity index (χ0) is 10.8. The maximum Gasteiger partial charge on any atom is 0.133 e. The van der Waals surface area contributed by atoms with Gasteiger partial charge in [-0.1, -0.05) is 25.7 Å². The summed E-state index contributed by atoms with van der Waals surface area (Å²) >= 11 is 0. The second kappa shape index (κ2) is 4.53. The Bertz CT molecular complexity index is 335. The first-order valence-electron chi connectivity index (χ1n) is 6.52. The number of nitrogens with zero attached hydrogens (tertiary/aromatic N) is 3. The van der Waals surface area contributed by atoms with E-state index in [1.165, 1.54) is 37.9 Å². The number of nitrogens with one attached hydrogen (secondary N) is 1. The van der Waals surface area contributed by atoms with E-state index in [0.29, 0.717) is 6.04 Å². The Kier molecular flexibility index (Phi) is 2.91. The summed E-state index contributed by atoms with van der Waals surface area (Å²) in [6.45, 7) is 2.21. The van der Waals surface area contributed by atoms with Crippen LogP contribution in [-0.2, 0) is 6.42 Å². The zero-order valence-corrected chi connectivity index (χ0v) is 9.73. The molecule has 0 aromatic carbocycles. The van der Waals surface area contributed by atoms with Crippen molar-refractivity contribution in [2.45, 2.75) is 44.6 Å². The molecule has 3 rings (SSSR count). The molecule has 1 saturated heterocycles. The van der Waals surface area contributed by atoms with E-state index in [-0.39, 0.29) is 0 Å². The van der Waals surface area contributed by atoms with Gasteiger partial charge >= 0.3 is 0 Å². The van der Waals surface area contributed by atoms with Crippen LogP contribution in [0, 0.1) is 5.92 Å². The minimum Gasteiger partial charge on any atom is -0.315 e. The summed E-state index contributed by atoms with van der Waals surface area (Å²) in [6.07, 6.45) is 9.85. The van der Waals surface area contributed by atoms with E-state index in [1.54, 1.807) is 0 Å². The van der Waals surface area contributed by atoms with E-state index in [0.717, 1.165) is 25.4 Å². The van der Waals surface area contributed by atoms with Crippen molar-refractivity contribution >= 4 is 0 Å². The van der Waals surface area contributed by atoms with Gasteiger partial charge in [0.05, 0.1) is 0 Å². The molecule has 4 nitrogen and oxygen atoms in total. The van der Waals surface area contributed by atoms with Gasteiger partial charge in [0.1, 0.15) is 12.2 Å². The van der Waals surface area contributed by atoms with E-state index >= 15 is 0 Å². The van der Waals surface area contributed by atoms with Gasteiger partial charge in [-0.15, -0.1) is 10.2 Å². The Labute approximate surface area is 96.4 Å². The highest BCUT2D eigenvalue weighted by atomic mass is 15.3. The first kappa shape index (κ1) is 10.3. The predicted octanol–water partition coefficient (Wildman–Crippen LogP) is 1.55. The first-order chi connectivity index (χ1) is 7.93. The molecule has 1 aromatic heterocycles. The number of aromatic nitrogens is 3. The van der Waals surface area contributed by atoms with E-state index in [4.69, 9.17) is 0 Å². The summed E-state index contributed by atoms with van der Waals surface area (Å²) in [5.74, 6) is 2.07. The molecule has 1 aliphatic heterocycles. The Hall–Kier alpha value is -0.900. The summed E-state index contributed by atoms with van der Waals surface area (Å²) < 4.78 is 2.30. The molecule has 16 heavy (non-hydrogen) atoms. The highest BCUT2D eigenvalue weighted by Gasteiger charge is 2.22. The van der Waals surface area contributed by atoms with E-state index in [2.05, 4.69) is 20.1 Å². The van der Waals surface area contributed by atoms with Crippen molar-refractivity contribution in [3.05, 3.63) is 12.2 Å². The monoisotopic (exact) mass is 220 g/mol. The third kappa shape index (κ3) is 1.98. The molecule has 1 aromatic rings. The third-order valence-electron chi connectivity index (χ3n) is 4.02. The van der Waals surface area contributed by atoms with Gasteiger partial charge in [0.15, 0.2) is 0 Å². The van der Waals surface area contributed by atoms with Crippen LogP contribution in [0.25, 0.3) is 0 Å². The van der Waals surface area contributed by atoms with Crippen LogP contribution in [0.1, 0.15) is 44.0 Å². The standard InChI is InChI=1S/C12H20N4/c1-2-4-10(3-1)7-12-15-14-9-16(12)11-5-6-13-8-11/h9-11,13H,1-8H2. The van der Waals surface area contributed by atoms with E-state index < -0.39 is 0 Å². The molecular formula is C12H20N4. The van der Waals surface area contributed by atoms with Crippen molar-refractivity contribution in [1.29, 1.82) is 0 Å². The van der Waals surface area contributed by atoms with Gasteiger partial charge in [0.2, 0.25) is 0 Å². The van der Waals surface area contributed by atoms with Crippen LogP contribution in [0.5, 0.6) is 0 Å². The molecule has 2 fully saturated rings. The number of rotatable bonds is 3. The maximum absolute atomic E-state index is 4.31. The summed E-state index contributed by atoms with van der Waals surface area (Å²) in [5.41, 5.74) is 0. The van der Waals surface area contributed by atoms with E-state index in [1.807, 2.05) is 6.33 Å². The number of hydrogen-bond donors (Lipinski definition) is 1. The molecule has 0 amide bonds. The molecule has 0 radical (unpaired) electrons. The molecule has 1 N–H and O–H groups in total. The van der Waals surface area contributed by atoms with Crippen molar-refractivity contribution < 1.29 is 0 Å². The van der Waals surface area contributed by atoms with Crippen LogP contribution in [0.4, 0.5) is 0 Å². The average molecular weight is 220 g/mol. The predicted molar refractivity (Wildman–Crippen MR) is 62.2 cm³/mol. The lowest BCUT2D eigenvalue weighted by molar-refractivity contribution is 0.472. The fourth-order valence-electron chi connectivity index (χ4n) is 3.07. The third-order valence-corrected chi connectivity index (χ3v) is 4.02. The summed E-state index contributed by atoms with van der Waals surface area (Å²) in [5, 5.41) is 11.8. The van der Waals surface area contributed by atoms with Crippen LogP contribution in [0.15, 0.2) is 6.33 Å². The van der Waals surface area contributed by atoms with Gasteiger partial charge in [-0.2, -0.15) is 0 Å². The van der Waals surface area contributed by atoms with Crippen molar-refractivity contribution in [1.82, 2.24) is 20.1 Å². The maximum atomic E-state index is 4.31. The van der Waals surface area contributed by atoms with Gasteiger partial charge in [0, 0.05) is 19.0 Å². The first-order valence-corrected chi connectivity index (χ1v) is 6.52. The molecule has 88 valence electrons. The minimum atomic E-state index is 0.589. The highest BCUT2D eigenvalue weighted by molar-refractivity contribution is 4.94. The normalized spacial score (nSPS) is 26.6. The van der Waals surface area contributed by atoms with Crippen molar-refractivity contribution in [3.63, 3.8) is 0 Å². The minimum absolute atomic E-state index is 0.589. The largest absolute Gasteiger partial charge is 0.315 e. The Balaban J connectivity index is 1.71. The van der Waals surface area contributed by atoms with Crippen LogP contribution in [0.3, 0.4) is 0 Å². The van der Waals surface area contributed by atoms with Gasteiger partial charge in [-0.05, 0) is 18.9 Å². The molecular weight excluding hydrogens is 200 g/mol. The fraction of sp³-hybridized carbons (Fsp3) is 0.833. The van der Waals surface area contributed by atoms with E-state index in [9.17, 15) is 0 Å². The second-order valence-corrected chi connectivity index (χ2v) is 5.16. The van der Waals surface area contributed by atoms with Crippen molar-refractivity contribution in [2.24, 2.45) is 5.92 Å². The van der Waals surface area contributed by atoms with Gasteiger partial charge in [-0.3, -0.25) is 0 Å². The van der Waals surface area contributed by atoms with Gasteiger partial charge < -0.3 is 9.88 Å². The molecule has 4 heteroatoms. The zero-order valence-electron chi connectivity index (χ0n) is 9.73. The van der Waals surface area contributed by atoms with Crippen molar-refractivity contribution in [2.75, 3.05) is 13.1 Å². The van der Waals surface area contributed by atoms with Crippen LogP contribution >= 0.6 is 0 Å². The Morgan fingerprint density at radius 3 is 2.94 bits per heavy atom. The average Bonchev–Trinajstić information content (AvgIpc) is 2.98. The molecule has 2 aliphatic rings. The summed E-state index contributed by atoms with van der Waals surface area (Å²) in [6, 6.07) is 0.589. The molecule has 0 bridgehead atoms. The smallest absolute Gasteiger partial charge is 0.133 e. The highest BCUT2D eigenvalue weighted by Crippen LogP contribution is 2.28. The number of hydrogen-bond acceptors (Lipinski definition) is 3. The van der Waals surface area contributed by atoms with Crippen LogP contribution in [0.2, 0.25) is 0 Å². The Morgan fingerprint density at radius 2 is 2.19 bits per heavy atom.